The molecule has 1 nitrogen and oxygen atoms in total. The normalized spacial score (nSPS) is 17.7. The van der Waals surface area contributed by atoms with E-state index in [2.05, 4.69) is 54.6 Å². The van der Waals surface area contributed by atoms with Crippen molar-refractivity contribution >= 4 is 6.08 Å². The molecule has 90 valence electrons. The van der Waals surface area contributed by atoms with Gasteiger partial charge in [-0.15, -0.1) is 0 Å². The summed E-state index contributed by atoms with van der Waals surface area (Å²) >= 11 is 0. The van der Waals surface area contributed by atoms with E-state index in [1.807, 2.05) is 12.1 Å². The molecule has 0 fully saturated rings. The fourth-order valence-corrected chi connectivity index (χ4v) is 2.36. The summed E-state index contributed by atoms with van der Waals surface area (Å²) in [6, 6.07) is 18.7. The van der Waals surface area contributed by atoms with E-state index in [0.717, 1.165) is 18.8 Å². The summed E-state index contributed by atoms with van der Waals surface area (Å²) in [6.07, 6.45) is 5.46. The lowest BCUT2D eigenvalue weighted by Gasteiger charge is -2.04. The van der Waals surface area contributed by atoms with E-state index in [0.29, 0.717) is 5.92 Å². The molecule has 0 saturated heterocycles. The number of fused-ring (bicyclic) bond motifs is 1. The summed E-state index contributed by atoms with van der Waals surface area (Å²) in [6.45, 7) is 0.804. The van der Waals surface area contributed by atoms with Crippen molar-refractivity contribution in [1.29, 1.82) is 0 Å². The van der Waals surface area contributed by atoms with Crippen molar-refractivity contribution in [1.82, 2.24) is 0 Å². The maximum Gasteiger partial charge on any atom is 0.122 e. The number of allylic oxidation sites excluding steroid dienone is 1. The van der Waals surface area contributed by atoms with Crippen LogP contribution in [0.1, 0.15) is 23.5 Å². The molecule has 0 radical (unpaired) electrons. The van der Waals surface area contributed by atoms with E-state index < -0.39 is 0 Å². The van der Waals surface area contributed by atoms with Gasteiger partial charge in [0.05, 0.1) is 6.61 Å². The zero-order valence-corrected chi connectivity index (χ0v) is 10.3. The minimum Gasteiger partial charge on any atom is -0.493 e. The van der Waals surface area contributed by atoms with Crippen LogP contribution in [0.4, 0.5) is 0 Å². The van der Waals surface area contributed by atoms with Gasteiger partial charge < -0.3 is 4.74 Å². The van der Waals surface area contributed by atoms with Gasteiger partial charge in [0.15, 0.2) is 0 Å². The average Bonchev–Trinajstić information content (AvgIpc) is 2.84. The number of hydrogen-bond acceptors (Lipinski definition) is 1. The molecule has 3 rings (SSSR count). The van der Waals surface area contributed by atoms with Crippen LogP contribution >= 0.6 is 0 Å². The van der Waals surface area contributed by atoms with Crippen LogP contribution in [0.5, 0.6) is 5.75 Å². The quantitative estimate of drug-likeness (QED) is 0.773. The Kier molecular flexibility index (Phi) is 3.14. The number of para-hydroxylation sites is 1. The Balaban J connectivity index is 1.67. The highest BCUT2D eigenvalue weighted by Gasteiger charge is 2.21. The predicted molar refractivity (Wildman–Crippen MR) is 74.8 cm³/mol. The van der Waals surface area contributed by atoms with Crippen LogP contribution in [-0.2, 0) is 0 Å². The Morgan fingerprint density at radius 1 is 1.00 bits per heavy atom. The molecule has 1 atom stereocenters. The summed E-state index contributed by atoms with van der Waals surface area (Å²) < 4.78 is 5.68. The minimum absolute atomic E-state index is 0.501. The summed E-state index contributed by atoms with van der Waals surface area (Å²) in [5.41, 5.74) is 2.60. The maximum absolute atomic E-state index is 5.68. The second-order valence-corrected chi connectivity index (χ2v) is 4.59. The van der Waals surface area contributed by atoms with Gasteiger partial charge in [-0.1, -0.05) is 60.7 Å². The van der Waals surface area contributed by atoms with Gasteiger partial charge in [0.25, 0.3) is 0 Å². The molecule has 1 unspecified atom stereocenters. The molecule has 0 amide bonds. The van der Waals surface area contributed by atoms with E-state index in [1.54, 1.807) is 0 Å². The van der Waals surface area contributed by atoms with Gasteiger partial charge in [-0.05, 0) is 18.1 Å². The second kappa shape index (κ2) is 5.09. The highest BCUT2D eigenvalue weighted by molar-refractivity contribution is 5.49. The molecule has 0 spiro atoms. The molecular formula is C17H16O. The van der Waals surface area contributed by atoms with Crippen LogP contribution < -0.4 is 4.74 Å². The molecule has 0 saturated carbocycles. The van der Waals surface area contributed by atoms with Crippen molar-refractivity contribution in [3.63, 3.8) is 0 Å². The van der Waals surface area contributed by atoms with Gasteiger partial charge in [-0.25, -0.2) is 0 Å². The Bertz CT molecular complexity index is 543. The molecule has 1 heterocycles. The van der Waals surface area contributed by atoms with E-state index >= 15 is 0 Å². The first kappa shape index (κ1) is 11.1. The molecule has 2 aromatic rings. The average molecular weight is 236 g/mol. The Morgan fingerprint density at radius 2 is 1.78 bits per heavy atom. The minimum atomic E-state index is 0.501. The number of hydrogen-bond donors (Lipinski definition) is 0. The summed E-state index contributed by atoms with van der Waals surface area (Å²) in [5, 5.41) is 0. The van der Waals surface area contributed by atoms with Crippen molar-refractivity contribution in [3.8, 4) is 5.75 Å². The highest BCUT2D eigenvalue weighted by Crippen LogP contribution is 2.35. The highest BCUT2D eigenvalue weighted by atomic mass is 16.5. The first-order valence-corrected chi connectivity index (χ1v) is 6.37. The molecule has 1 aliphatic heterocycles. The van der Waals surface area contributed by atoms with Gasteiger partial charge in [0.1, 0.15) is 5.75 Å². The van der Waals surface area contributed by atoms with E-state index in [9.17, 15) is 0 Å². The van der Waals surface area contributed by atoms with Gasteiger partial charge in [0.2, 0.25) is 0 Å². The largest absolute Gasteiger partial charge is 0.493 e. The summed E-state index contributed by atoms with van der Waals surface area (Å²) in [5.74, 6) is 1.55. The summed E-state index contributed by atoms with van der Waals surface area (Å²) in [4.78, 5) is 0. The van der Waals surface area contributed by atoms with Gasteiger partial charge >= 0.3 is 0 Å². The first-order chi connectivity index (χ1) is 8.93. The van der Waals surface area contributed by atoms with Crippen molar-refractivity contribution in [3.05, 3.63) is 71.8 Å². The van der Waals surface area contributed by atoms with E-state index in [4.69, 9.17) is 4.74 Å². The molecule has 0 N–H and O–H groups in total. The molecule has 1 aliphatic rings. The third-order valence-corrected chi connectivity index (χ3v) is 3.33. The predicted octanol–water partition coefficient (Wildman–Crippen LogP) is 4.27. The van der Waals surface area contributed by atoms with Crippen molar-refractivity contribution in [2.75, 3.05) is 6.61 Å². The molecule has 2 aromatic carbocycles. The number of rotatable bonds is 3. The molecule has 18 heavy (non-hydrogen) atoms. The lowest BCUT2D eigenvalue weighted by molar-refractivity contribution is 0.331. The van der Waals surface area contributed by atoms with Crippen LogP contribution in [0.2, 0.25) is 0 Å². The molecule has 1 heteroatoms. The van der Waals surface area contributed by atoms with Crippen molar-refractivity contribution < 1.29 is 4.74 Å². The fraction of sp³-hybridized carbons (Fsp3) is 0.176. The zero-order valence-electron chi connectivity index (χ0n) is 10.3. The molecular weight excluding hydrogens is 220 g/mol. The lowest BCUT2D eigenvalue weighted by atomic mass is 9.97. The van der Waals surface area contributed by atoms with Gasteiger partial charge in [-0.2, -0.15) is 0 Å². The molecule has 0 aromatic heterocycles. The third kappa shape index (κ3) is 2.30. The van der Waals surface area contributed by atoms with Crippen molar-refractivity contribution in [2.45, 2.75) is 12.3 Å². The Labute approximate surface area is 108 Å². The van der Waals surface area contributed by atoms with Crippen LogP contribution in [0.25, 0.3) is 6.08 Å². The van der Waals surface area contributed by atoms with Crippen LogP contribution in [0, 0.1) is 0 Å². The Hall–Kier alpha value is -2.02. The van der Waals surface area contributed by atoms with Gasteiger partial charge in [0, 0.05) is 11.5 Å². The maximum atomic E-state index is 5.68. The molecule has 0 bridgehead atoms. The topological polar surface area (TPSA) is 9.23 Å². The van der Waals surface area contributed by atoms with E-state index in [-0.39, 0.29) is 0 Å². The summed E-state index contributed by atoms with van der Waals surface area (Å²) in [7, 11) is 0. The number of ether oxygens (including phenoxy) is 1. The second-order valence-electron chi connectivity index (χ2n) is 4.59. The van der Waals surface area contributed by atoms with Crippen LogP contribution in [0.3, 0.4) is 0 Å². The monoisotopic (exact) mass is 236 g/mol. The first-order valence-electron chi connectivity index (χ1n) is 6.37. The van der Waals surface area contributed by atoms with Crippen LogP contribution in [-0.4, -0.2) is 6.61 Å². The Morgan fingerprint density at radius 3 is 2.67 bits per heavy atom. The van der Waals surface area contributed by atoms with Crippen LogP contribution in [0.15, 0.2) is 60.7 Å². The molecule has 0 aliphatic carbocycles. The standard InChI is InChI=1S/C17H16O/c1-2-7-14(8-3-1)9-6-10-15-13-18-17-12-5-4-11-16(15)17/h1-9,11-12,15H,10,13H2/b9-6+. The zero-order chi connectivity index (χ0) is 12.2. The fourth-order valence-electron chi connectivity index (χ4n) is 2.36. The van der Waals surface area contributed by atoms with Crippen molar-refractivity contribution in [2.24, 2.45) is 0 Å². The lowest BCUT2D eigenvalue weighted by Crippen LogP contribution is -1.98. The van der Waals surface area contributed by atoms with E-state index in [1.165, 1.54) is 11.1 Å². The SMILES string of the molecule is C(=C\c1ccccc1)/CC1COc2ccccc21. The van der Waals surface area contributed by atoms with Gasteiger partial charge in [-0.3, -0.25) is 0 Å². The smallest absolute Gasteiger partial charge is 0.122 e. The third-order valence-electron chi connectivity index (χ3n) is 3.33. The number of benzene rings is 2.